The van der Waals surface area contributed by atoms with E-state index in [1.165, 1.54) is 0 Å². The summed E-state index contributed by atoms with van der Waals surface area (Å²) in [6.45, 7) is 6.83. The van der Waals surface area contributed by atoms with E-state index in [1.807, 2.05) is 6.92 Å². The number of nitrogens with zero attached hydrogens (tertiary/aromatic N) is 1. The molecular weight excluding hydrogens is 258 g/mol. The van der Waals surface area contributed by atoms with E-state index in [0.29, 0.717) is 30.3 Å². The van der Waals surface area contributed by atoms with Gasteiger partial charge in [-0.25, -0.2) is 9.78 Å². The molecule has 0 aromatic carbocycles. The zero-order chi connectivity index (χ0) is 14.8. The Kier molecular flexibility index (Phi) is 4.13. The van der Waals surface area contributed by atoms with Crippen molar-refractivity contribution in [3.05, 3.63) is 17.8 Å². The van der Waals surface area contributed by atoms with Crippen LogP contribution in [0.4, 0.5) is 11.5 Å². The molecule has 20 heavy (non-hydrogen) atoms. The minimum absolute atomic E-state index is 0.0509. The summed E-state index contributed by atoms with van der Waals surface area (Å²) in [5.41, 5.74) is 6.43. The first-order chi connectivity index (χ1) is 9.48. The van der Waals surface area contributed by atoms with Crippen LogP contribution >= 0.6 is 0 Å². The molecule has 1 aliphatic rings. The number of anilines is 2. The van der Waals surface area contributed by atoms with Crippen molar-refractivity contribution in [1.82, 2.24) is 4.98 Å². The number of ether oxygens (including phenoxy) is 2. The van der Waals surface area contributed by atoms with Gasteiger partial charge in [0.2, 0.25) is 0 Å². The predicted molar refractivity (Wildman–Crippen MR) is 76.7 cm³/mol. The number of rotatable bonds is 4. The molecule has 6 nitrogen and oxygen atoms in total. The zero-order valence-corrected chi connectivity index (χ0v) is 12.1. The van der Waals surface area contributed by atoms with Crippen LogP contribution in [0.25, 0.3) is 0 Å². The maximum Gasteiger partial charge on any atom is 0.340 e. The number of hydrogen-bond acceptors (Lipinski definition) is 6. The van der Waals surface area contributed by atoms with Gasteiger partial charge < -0.3 is 20.5 Å². The average Bonchev–Trinajstić information content (AvgIpc) is 2.72. The molecule has 2 rings (SSSR count). The molecule has 2 unspecified atom stereocenters. The van der Waals surface area contributed by atoms with Crippen molar-refractivity contribution in [2.24, 2.45) is 0 Å². The van der Waals surface area contributed by atoms with Crippen molar-refractivity contribution in [3.63, 3.8) is 0 Å². The Labute approximate surface area is 118 Å². The second-order valence-electron chi connectivity index (χ2n) is 5.15. The fourth-order valence-electron chi connectivity index (χ4n) is 2.23. The lowest BCUT2D eigenvalue weighted by Gasteiger charge is -2.30. The van der Waals surface area contributed by atoms with Crippen LogP contribution < -0.4 is 11.1 Å². The van der Waals surface area contributed by atoms with Gasteiger partial charge in [-0.15, -0.1) is 0 Å². The smallest absolute Gasteiger partial charge is 0.340 e. The Balaban J connectivity index is 2.25. The van der Waals surface area contributed by atoms with E-state index in [4.69, 9.17) is 15.2 Å². The van der Waals surface area contributed by atoms with Crippen LogP contribution in [0.5, 0.6) is 0 Å². The molecule has 1 aromatic rings. The molecule has 1 fully saturated rings. The molecule has 2 heterocycles. The Bertz CT molecular complexity index is 506. The van der Waals surface area contributed by atoms with E-state index in [-0.39, 0.29) is 11.6 Å². The van der Waals surface area contributed by atoms with Gasteiger partial charge in [-0.05, 0) is 33.3 Å². The van der Waals surface area contributed by atoms with E-state index in [2.05, 4.69) is 17.2 Å². The molecule has 0 spiro atoms. The molecule has 3 N–H and O–H groups in total. The molecule has 1 saturated heterocycles. The zero-order valence-electron chi connectivity index (χ0n) is 12.1. The highest BCUT2D eigenvalue weighted by Gasteiger charge is 2.37. The van der Waals surface area contributed by atoms with Gasteiger partial charge in [-0.2, -0.15) is 0 Å². The lowest BCUT2D eigenvalue weighted by Crippen LogP contribution is -2.41. The first-order valence-electron chi connectivity index (χ1n) is 6.79. The number of nitrogens with one attached hydrogen (secondary N) is 1. The van der Waals surface area contributed by atoms with Crippen LogP contribution in [0.2, 0.25) is 0 Å². The lowest BCUT2D eigenvalue weighted by atomic mass is 9.94. The first kappa shape index (κ1) is 14.6. The molecule has 110 valence electrons. The molecule has 0 saturated carbocycles. The van der Waals surface area contributed by atoms with Crippen molar-refractivity contribution in [2.75, 3.05) is 24.3 Å². The number of carbonyl (C=O) groups is 1. The number of pyridine rings is 1. The van der Waals surface area contributed by atoms with Gasteiger partial charge in [0.1, 0.15) is 0 Å². The summed E-state index contributed by atoms with van der Waals surface area (Å²) in [5, 5.41) is 3.30. The number of nitrogen functional groups attached to an aromatic ring is 1. The standard InChI is InChI=1S/C14H21N3O3/c1-4-19-13(18)10-5-7-16-12(11(10)15)17-14(3)6-8-20-9(14)2/h5,7,9H,4,6,8,15H2,1-3H3,(H,16,17). The molecule has 2 atom stereocenters. The second-order valence-corrected chi connectivity index (χ2v) is 5.15. The number of carbonyl (C=O) groups excluding carboxylic acids is 1. The molecule has 0 bridgehead atoms. The molecule has 1 aliphatic heterocycles. The van der Waals surface area contributed by atoms with Gasteiger partial charge >= 0.3 is 5.97 Å². The summed E-state index contributed by atoms with van der Waals surface area (Å²) in [6, 6.07) is 1.56. The predicted octanol–water partition coefficient (Wildman–Crippen LogP) is 1.82. The second kappa shape index (κ2) is 5.66. The van der Waals surface area contributed by atoms with Crippen LogP contribution in [0.1, 0.15) is 37.6 Å². The topological polar surface area (TPSA) is 86.5 Å². The van der Waals surface area contributed by atoms with Crippen LogP contribution in [0, 0.1) is 0 Å². The van der Waals surface area contributed by atoms with Crippen LogP contribution in [-0.4, -0.2) is 35.8 Å². The summed E-state index contributed by atoms with van der Waals surface area (Å²) in [5.74, 6) is 0.0618. The Hall–Kier alpha value is -1.82. The van der Waals surface area contributed by atoms with Crippen molar-refractivity contribution in [3.8, 4) is 0 Å². The number of esters is 1. The van der Waals surface area contributed by atoms with Gasteiger partial charge in [-0.1, -0.05) is 0 Å². The van der Waals surface area contributed by atoms with Gasteiger partial charge in [0.25, 0.3) is 0 Å². The summed E-state index contributed by atoms with van der Waals surface area (Å²) in [6.07, 6.45) is 2.46. The van der Waals surface area contributed by atoms with E-state index >= 15 is 0 Å². The highest BCUT2D eigenvalue weighted by Crippen LogP contribution is 2.31. The van der Waals surface area contributed by atoms with Gasteiger partial charge in [0, 0.05) is 12.8 Å². The normalized spacial score (nSPS) is 25.4. The molecule has 1 aromatic heterocycles. The Morgan fingerprint density at radius 2 is 2.45 bits per heavy atom. The fourth-order valence-corrected chi connectivity index (χ4v) is 2.23. The number of nitrogens with two attached hydrogens (primary N) is 1. The van der Waals surface area contributed by atoms with Gasteiger partial charge in [-0.3, -0.25) is 0 Å². The minimum atomic E-state index is -0.434. The maximum absolute atomic E-state index is 11.8. The fraction of sp³-hybridized carbons (Fsp3) is 0.571. The maximum atomic E-state index is 11.8. The summed E-state index contributed by atoms with van der Waals surface area (Å²) in [4.78, 5) is 16.0. The largest absolute Gasteiger partial charge is 0.462 e. The highest BCUT2D eigenvalue weighted by molar-refractivity contribution is 5.97. The highest BCUT2D eigenvalue weighted by atomic mass is 16.5. The van der Waals surface area contributed by atoms with E-state index < -0.39 is 5.97 Å². The number of hydrogen-bond donors (Lipinski definition) is 2. The van der Waals surface area contributed by atoms with Crippen molar-refractivity contribution < 1.29 is 14.3 Å². The van der Waals surface area contributed by atoms with Crippen molar-refractivity contribution in [2.45, 2.75) is 38.8 Å². The SMILES string of the molecule is CCOC(=O)c1ccnc(NC2(C)CCOC2C)c1N. The summed E-state index contributed by atoms with van der Waals surface area (Å²) >= 11 is 0. The summed E-state index contributed by atoms with van der Waals surface area (Å²) < 4.78 is 10.6. The third-order valence-corrected chi connectivity index (χ3v) is 3.78. The lowest BCUT2D eigenvalue weighted by molar-refractivity contribution is 0.0527. The minimum Gasteiger partial charge on any atom is -0.462 e. The molecule has 0 amide bonds. The van der Waals surface area contributed by atoms with E-state index in [0.717, 1.165) is 6.42 Å². The third-order valence-electron chi connectivity index (χ3n) is 3.78. The summed E-state index contributed by atoms with van der Waals surface area (Å²) in [7, 11) is 0. The van der Waals surface area contributed by atoms with Crippen LogP contribution in [0.15, 0.2) is 12.3 Å². The average molecular weight is 279 g/mol. The quantitative estimate of drug-likeness (QED) is 0.818. The Morgan fingerprint density at radius 1 is 1.70 bits per heavy atom. The van der Waals surface area contributed by atoms with E-state index in [9.17, 15) is 4.79 Å². The number of aromatic nitrogens is 1. The van der Waals surface area contributed by atoms with Crippen LogP contribution in [0.3, 0.4) is 0 Å². The van der Waals surface area contributed by atoms with E-state index in [1.54, 1.807) is 19.2 Å². The molecule has 0 radical (unpaired) electrons. The molecule has 0 aliphatic carbocycles. The van der Waals surface area contributed by atoms with Gasteiger partial charge in [0.15, 0.2) is 5.82 Å². The van der Waals surface area contributed by atoms with Gasteiger partial charge in [0.05, 0.1) is 29.5 Å². The monoisotopic (exact) mass is 279 g/mol. The Morgan fingerprint density at radius 3 is 3.05 bits per heavy atom. The van der Waals surface area contributed by atoms with Crippen molar-refractivity contribution >= 4 is 17.5 Å². The van der Waals surface area contributed by atoms with Crippen LogP contribution in [-0.2, 0) is 9.47 Å². The van der Waals surface area contributed by atoms with Crippen molar-refractivity contribution in [1.29, 1.82) is 0 Å². The molecular formula is C14H21N3O3. The molecule has 6 heteroatoms. The first-order valence-corrected chi connectivity index (χ1v) is 6.79. The third kappa shape index (κ3) is 2.70.